The molecule has 0 unspecified atom stereocenters. The number of aliphatic hydroxyl groups is 2. The summed E-state index contributed by atoms with van der Waals surface area (Å²) >= 11 is 0. The van der Waals surface area contributed by atoms with E-state index in [-0.39, 0.29) is 30.3 Å². The van der Waals surface area contributed by atoms with E-state index in [0.717, 1.165) is 5.56 Å². The predicted octanol–water partition coefficient (Wildman–Crippen LogP) is 3.74. The molecule has 2 atom stereocenters. The largest absolute Gasteiger partial charge is 0.399 e. The zero-order valence-electron chi connectivity index (χ0n) is 20.7. The fourth-order valence-corrected chi connectivity index (χ4v) is 4.43. The minimum Gasteiger partial charge on any atom is -0.399 e. The van der Waals surface area contributed by atoms with Gasteiger partial charge in [-0.1, -0.05) is 31.2 Å². The van der Waals surface area contributed by atoms with E-state index in [9.17, 15) is 24.8 Å². The van der Waals surface area contributed by atoms with Crippen LogP contribution in [0.25, 0.3) is 0 Å². The van der Waals surface area contributed by atoms with Crippen LogP contribution >= 0.6 is 0 Å². The molecule has 0 bridgehead atoms. The molecule has 38 heavy (non-hydrogen) atoms. The number of amides is 2. The number of nitrogens with two attached hydrogens (primary N) is 1. The first-order chi connectivity index (χ1) is 18.1. The molecule has 1 aliphatic heterocycles. The average molecular weight is 517 g/mol. The summed E-state index contributed by atoms with van der Waals surface area (Å²) < 4.78 is 0. The number of anilines is 3. The highest BCUT2D eigenvalue weighted by molar-refractivity contribution is 6.07. The van der Waals surface area contributed by atoms with Gasteiger partial charge in [0.05, 0.1) is 17.2 Å². The highest BCUT2D eigenvalue weighted by Gasteiger charge is 2.53. The van der Waals surface area contributed by atoms with Crippen LogP contribution in [0, 0.1) is 16.0 Å². The molecule has 4 rings (SSSR count). The van der Waals surface area contributed by atoms with E-state index in [2.05, 4.69) is 5.32 Å². The zero-order chi connectivity index (χ0) is 27.4. The average Bonchev–Trinajstić information content (AvgIpc) is 3.12. The maximum absolute atomic E-state index is 13.6. The van der Waals surface area contributed by atoms with Gasteiger partial charge in [0.2, 0.25) is 0 Å². The molecule has 0 saturated carbocycles. The third kappa shape index (κ3) is 5.13. The standard InChI is InChI=1S/C28H28N4O6/c1-18(4-2-3-15-33)28(36)24-16-23(32(37)38)13-14-25(24)31(27(28)35)17-19-5-11-22(12-6-19)30-26(34)20-7-9-21(29)10-8-20/h2,4-14,16,18,33,36H,3,15,17,29H2,1H3,(H,30,34)/b4-2+/t18-,28+/m1/s1. The number of aliphatic hydroxyl groups excluding tert-OH is 1. The van der Waals surface area contributed by atoms with Gasteiger partial charge < -0.3 is 26.2 Å². The molecular weight excluding hydrogens is 488 g/mol. The number of carbonyl (C=O) groups is 2. The van der Waals surface area contributed by atoms with Crippen molar-refractivity contribution < 1.29 is 24.7 Å². The number of nitrogen functional groups attached to an aromatic ring is 1. The third-order valence-corrected chi connectivity index (χ3v) is 6.57. The Kier molecular flexibility index (Phi) is 7.56. The second-order valence-corrected chi connectivity index (χ2v) is 9.12. The summed E-state index contributed by atoms with van der Waals surface area (Å²) in [7, 11) is 0. The number of hydrogen-bond acceptors (Lipinski definition) is 7. The van der Waals surface area contributed by atoms with E-state index in [1.807, 2.05) is 0 Å². The molecule has 0 aromatic heterocycles. The number of carbonyl (C=O) groups excluding carboxylic acids is 2. The van der Waals surface area contributed by atoms with Crippen LogP contribution in [0.4, 0.5) is 22.7 Å². The molecule has 0 spiro atoms. The Balaban J connectivity index is 1.58. The smallest absolute Gasteiger partial charge is 0.269 e. The number of hydrogen-bond donors (Lipinski definition) is 4. The van der Waals surface area contributed by atoms with Gasteiger partial charge in [0.25, 0.3) is 17.5 Å². The van der Waals surface area contributed by atoms with Gasteiger partial charge in [0.15, 0.2) is 5.60 Å². The van der Waals surface area contributed by atoms with Crippen LogP contribution in [-0.4, -0.2) is 33.6 Å². The number of nitro groups is 1. The molecule has 5 N–H and O–H groups in total. The maximum atomic E-state index is 13.6. The van der Waals surface area contributed by atoms with Gasteiger partial charge in [-0.3, -0.25) is 19.7 Å². The molecule has 0 radical (unpaired) electrons. The SMILES string of the molecule is C[C@H](/C=C/CCO)[C@@]1(O)C(=O)N(Cc2ccc(NC(=O)c3ccc(N)cc3)cc2)c2ccc([N+](=O)[O-])cc21. The molecule has 0 fully saturated rings. The van der Waals surface area contributed by atoms with Crippen LogP contribution in [0.15, 0.2) is 78.9 Å². The number of nitrogens with zero attached hydrogens (tertiary/aromatic N) is 2. The Bertz CT molecular complexity index is 1390. The van der Waals surface area contributed by atoms with Gasteiger partial charge in [0.1, 0.15) is 0 Å². The molecule has 0 saturated heterocycles. The van der Waals surface area contributed by atoms with Gasteiger partial charge in [0, 0.05) is 47.2 Å². The first-order valence-corrected chi connectivity index (χ1v) is 12.0. The van der Waals surface area contributed by atoms with E-state index < -0.39 is 22.3 Å². The molecule has 1 aliphatic rings. The maximum Gasteiger partial charge on any atom is 0.269 e. The lowest BCUT2D eigenvalue weighted by Crippen LogP contribution is -2.44. The van der Waals surface area contributed by atoms with Gasteiger partial charge >= 0.3 is 0 Å². The lowest BCUT2D eigenvalue weighted by atomic mass is 9.82. The van der Waals surface area contributed by atoms with Crippen molar-refractivity contribution in [3.8, 4) is 0 Å². The van der Waals surface area contributed by atoms with Crippen molar-refractivity contribution in [2.75, 3.05) is 22.6 Å². The quantitative estimate of drug-likeness (QED) is 0.146. The van der Waals surface area contributed by atoms with E-state index in [4.69, 9.17) is 10.8 Å². The Morgan fingerprint density at radius 1 is 1.16 bits per heavy atom. The number of fused-ring (bicyclic) bond motifs is 1. The molecule has 10 nitrogen and oxygen atoms in total. The fraction of sp³-hybridized carbons (Fsp3) is 0.214. The Hall–Kier alpha value is -4.54. The van der Waals surface area contributed by atoms with Crippen molar-refractivity contribution in [2.24, 2.45) is 5.92 Å². The van der Waals surface area contributed by atoms with Crippen molar-refractivity contribution >= 4 is 34.6 Å². The normalized spacial score (nSPS) is 17.4. The van der Waals surface area contributed by atoms with Crippen molar-refractivity contribution in [1.29, 1.82) is 0 Å². The Morgan fingerprint density at radius 3 is 2.47 bits per heavy atom. The number of benzene rings is 3. The van der Waals surface area contributed by atoms with Crippen molar-refractivity contribution in [2.45, 2.75) is 25.5 Å². The second kappa shape index (κ2) is 10.8. The number of non-ortho nitro benzene ring substituents is 1. The van der Waals surface area contributed by atoms with Gasteiger partial charge in [-0.05, 0) is 54.4 Å². The van der Waals surface area contributed by atoms with Crippen LogP contribution in [0.3, 0.4) is 0 Å². The first kappa shape index (κ1) is 26.5. The zero-order valence-corrected chi connectivity index (χ0v) is 20.7. The molecule has 10 heteroatoms. The van der Waals surface area contributed by atoms with Crippen LogP contribution in [-0.2, 0) is 16.9 Å². The Labute approximate surface area is 219 Å². The van der Waals surface area contributed by atoms with Gasteiger partial charge in [-0.2, -0.15) is 0 Å². The van der Waals surface area contributed by atoms with Gasteiger partial charge in [-0.25, -0.2) is 0 Å². The summed E-state index contributed by atoms with van der Waals surface area (Å²) in [6.45, 7) is 1.67. The van der Waals surface area contributed by atoms with E-state index >= 15 is 0 Å². The molecule has 1 heterocycles. The fourth-order valence-electron chi connectivity index (χ4n) is 4.43. The number of nitro benzene ring substituents is 1. The summed E-state index contributed by atoms with van der Waals surface area (Å²) in [5.41, 5.74) is 6.25. The van der Waals surface area contributed by atoms with Crippen LogP contribution in [0.1, 0.15) is 34.8 Å². The minimum absolute atomic E-state index is 0.0831. The van der Waals surface area contributed by atoms with Crippen LogP contribution < -0.4 is 16.0 Å². The van der Waals surface area contributed by atoms with Crippen LogP contribution in [0.5, 0.6) is 0 Å². The minimum atomic E-state index is -2.01. The van der Waals surface area contributed by atoms with E-state index in [1.165, 1.54) is 23.1 Å². The van der Waals surface area contributed by atoms with Crippen molar-refractivity contribution in [3.63, 3.8) is 0 Å². The van der Waals surface area contributed by atoms with E-state index in [1.54, 1.807) is 67.6 Å². The summed E-state index contributed by atoms with van der Waals surface area (Å²) in [5, 5.41) is 34.9. The third-order valence-electron chi connectivity index (χ3n) is 6.57. The molecule has 3 aromatic carbocycles. The predicted molar refractivity (Wildman–Crippen MR) is 143 cm³/mol. The number of rotatable bonds is 9. The molecule has 0 aliphatic carbocycles. The molecule has 3 aromatic rings. The Morgan fingerprint density at radius 2 is 1.84 bits per heavy atom. The summed E-state index contributed by atoms with van der Waals surface area (Å²) in [6.07, 6.45) is 3.63. The summed E-state index contributed by atoms with van der Waals surface area (Å²) in [4.78, 5) is 38.3. The first-order valence-electron chi connectivity index (χ1n) is 12.0. The number of nitrogens with one attached hydrogen (secondary N) is 1. The highest BCUT2D eigenvalue weighted by atomic mass is 16.6. The topological polar surface area (TPSA) is 159 Å². The van der Waals surface area contributed by atoms with Crippen molar-refractivity contribution in [3.05, 3.63) is 106 Å². The molecule has 196 valence electrons. The van der Waals surface area contributed by atoms with Gasteiger partial charge in [-0.15, -0.1) is 0 Å². The summed E-state index contributed by atoms with van der Waals surface area (Å²) in [6, 6.07) is 17.4. The molecular formula is C28H28N4O6. The van der Waals surface area contributed by atoms with Crippen molar-refractivity contribution in [1.82, 2.24) is 0 Å². The second-order valence-electron chi connectivity index (χ2n) is 9.12. The lowest BCUT2D eigenvalue weighted by Gasteiger charge is -2.27. The summed E-state index contributed by atoms with van der Waals surface area (Å²) in [5.74, 6) is -1.61. The van der Waals surface area contributed by atoms with E-state index in [0.29, 0.717) is 29.0 Å². The van der Waals surface area contributed by atoms with Crippen LogP contribution in [0.2, 0.25) is 0 Å². The highest BCUT2D eigenvalue weighted by Crippen LogP contribution is 2.47. The lowest BCUT2D eigenvalue weighted by molar-refractivity contribution is -0.385. The monoisotopic (exact) mass is 516 g/mol. The molecule has 2 amide bonds.